The number of carbonyl (C=O) groups excluding carboxylic acids is 1. The SMILES string of the molecule is O=C(Nc1ccc(Cl)c(Cl)c1)N1CCN(c2nc(CN3CCN(c4ccccc4F)CC3)cc(=O)[nH]2)CC1. The van der Waals surface area contributed by atoms with Crippen LogP contribution in [-0.4, -0.2) is 78.2 Å². The molecule has 1 aromatic heterocycles. The van der Waals surface area contributed by atoms with Gasteiger partial charge in [-0.2, -0.15) is 0 Å². The van der Waals surface area contributed by atoms with Crippen molar-refractivity contribution in [1.29, 1.82) is 0 Å². The second kappa shape index (κ2) is 11.6. The molecule has 2 aromatic carbocycles. The Bertz CT molecular complexity index is 1360. The van der Waals surface area contributed by atoms with Gasteiger partial charge in [0.15, 0.2) is 0 Å². The van der Waals surface area contributed by atoms with Crippen molar-refractivity contribution in [3.05, 3.63) is 80.4 Å². The number of amides is 2. The van der Waals surface area contributed by atoms with E-state index < -0.39 is 0 Å². The minimum atomic E-state index is -0.229. The number of nitrogens with zero attached hydrogens (tertiary/aromatic N) is 5. The number of carbonyl (C=O) groups is 1. The fraction of sp³-hybridized carbons (Fsp3) is 0.346. The van der Waals surface area contributed by atoms with Gasteiger partial charge in [0.1, 0.15) is 5.82 Å². The molecule has 38 heavy (non-hydrogen) atoms. The van der Waals surface area contributed by atoms with E-state index in [2.05, 4.69) is 15.2 Å². The molecule has 200 valence electrons. The van der Waals surface area contributed by atoms with Gasteiger partial charge in [0, 0.05) is 70.7 Å². The fourth-order valence-corrected chi connectivity index (χ4v) is 5.00. The third kappa shape index (κ3) is 6.20. The van der Waals surface area contributed by atoms with Gasteiger partial charge in [-0.1, -0.05) is 35.3 Å². The average molecular weight is 560 g/mol. The summed E-state index contributed by atoms with van der Waals surface area (Å²) in [7, 11) is 0. The summed E-state index contributed by atoms with van der Waals surface area (Å²) < 4.78 is 14.1. The molecule has 2 fully saturated rings. The molecule has 0 bridgehead atoms. The highest BCUT2D eigenvalue weighted by molar-refractivity contribution is 6.42. The first kappa shape index (κ1) is 26.3. The van der Waals surface area contributed by atoms with Gasteiger partial charge < -0.3 is 20.0 Å². The number of nitrogens with one attached hydrogen (secondary N) is 2. The van der Waals surface area contributed by atoms with E-state index in [4.69, 9.17) is 28.2 Å². The lowest BCUT2D eigenvalue weighted by Gasteiger charge is -2.36. The Kier molecular flexibility index (Phi) is 8.01. The smallest absolute Gasteiger partial charge is 0.321 e. The average Bonchev–Trinajstić information content (AvgIpc) is 2.91. The first-order chi connectivity index (χ1) is 18.4. The first-order valence-electron chi connectivity index (χ1n) is 12.4. The second-order valence-corrected chi connectivity index (χ2v) is 10.1. The van der Waals surface area contributed by atoms with Crippen LogP contribution in [0.15, 0.2) is 53.3 Å². The van der Waals surface area contributed by atoms with Crippen molar-refractivity contribution in [2.75, 3.05) is 67.5 Å². The second-order valence-electron chi connectivity index (χ2n) is 9.31. The van der Waals surface area contributed by atoms with Gasteiger partial charge in [-0.3, -0.25) is 14.7 Å². The predicted octanol–water partition coefficient (Wildman–Crippen LogP) is 3.89. The summed E-state index contributed by atoms with van der Waals surface area (Å²) in [6.45, 7) is 5.42. The number of hydrogen-bond acceptors (Lipinski definition) is 6. The molecule has 5 rings (SSSR count). The van der Waals surface area contributed by atoms with E-state index in [0.29, 0.717) is 78.9 Å². The fourth-order valence-electron chi connectivity index (χ4n) is 4.71. The molecule has 2 amide bonds. The molecule has 3 heterocycles. The van der Waals surface area contributed by atoms with E-state index in [1.54, 1.807) is 35.2 Å². The highest BCUT2D eigenvalue weighted by Gasteiger charge is 2.24. The summed E-state index contributed by atoms with van der Waals surface area (Å²) in [4.78, 5) is 40.6. The molecule has 0 spiro atoms. The standard InChI is InChI=1S/C26H28Cl2FN7O2/c27-20-6-5-18(15-21(20)28)31-26(38)36-13-11-35(12-14-36)25-30-19(16-24(37)32-25)17-33-7-9-34(10-8-33)23-4-2-1-3-22(23)29/h1-6,15-16H,7-14,17H2,(H,31,38)(H,30,32,37). The molecule has 0 saturated carbocycles. The Hall–Kier alpha value is -3.34. The Morgan fingerprint density at radius 3 is 2.34 bits per heavy atom. The summed E-state index contributed by atoms with van der Waals surface area (Å²) in [5.74, 6) is 0.288. The van der Waals surface area contributed by atoms with Gasteiger partial charge in [-0.25, -0.2) is 14.2 Å². The molecule has 0 radical (unpaired) electrons. The molecular weight excluding hydrogens is 532 g/mol. The monoisotopic (exact) mass is 559 g/mol. The number of rotatable bonds is 5. The Balaban J connectivity index is 1.15. The molecule has 12 heteroatoms. The van der Waals surface area contributed by atoms with Crippen LogP contribution in [0.2, 0.25) is 10.0 Å². The van der Waals surface area contributed by atoms with Crippen LogP contribution in [0.5, 0.6) is 0 Å². The van der Waals surface area contributed by atoms with Crippen LogP contribution in [0.1, 0.15) is 5.69 Å². The predicted molar refractivity (Wildman–Crippen MR) is 148 cm³/mol. The van der Waals surface area contributed by atoms with Crippen molar-refractivity contribution in [2.24, 2.45) is 0 Å². The summed E-state index contributed by atoms with van der Waals surface area (Å²) >= 11 is 12.0. The van der Waals surface area contributed by atoms with Gasteiger partial charge in [0.05, 0.1) is 21.4 Å². The molecule has 9 nitrogen and oxygen atoms in total. The zero-order valence-corrected chi connectivity index (χ0v) is 22.2. The number of anilines is 3. The normalized spacial score (nSPS) is 16.6. The topological polar surface area (TPSA) is 87.8 Å². The van der Waals surface area contributed by atoms with Crippen LogP contribution < -0.4 is 20.7 Å². The van der Waals surface area contributed by atoms with Gasteiger partial charge in [-0.15, -0.1) is 0 Å². The lowest BCUT2D eigenvalue weighted by Crippen LogP contribution is -2.51. The van der Waals surface area contributed by atoms with E-state index >= 15 is 0 Å². The molecule has 0 unspecified atom stereocenters. The molecular formula is C26H28Cl2FN7O2. The summed E-state index contributed by atoms with van der Waals surface area (Å²) in [6.07, 6.45) is 0. The number of hydrogen-bond donors (Lipinski definition) is 2. The number of benzene rings is 2. The van der Waals surface area contributed by atoms with Gasteiger partial charge in [0.2, 0.25) is 5.95 Å². The highest BCUT2D eigenvalue weighted by Crippen LogP contribution is 2.25. The van der Waals surface area contributed by atoms with Gasteiger partial charge >= 0.3 is 6.03 Å². The minimum Gasteiger partial charge on any atom is -0.367 e. The van der Waals surface area contributed by atoms with Crippen LogP contribution in [0, 0.1) is 5.82 Å². The first-order valence-corrected chi connectivity index (χ1v) is 13.2. The van der Waals surface area contributed by atoms with Gasteiger partial charge in [-0.05, 0) is 30.3 Å². The van der Waals surface area contributed by atoms with E-state index in [1.807, 2.05) is 15.9 Å². The van der Waals surface area contributed by atoms with Crippen molar-refractivity contribution in [3.63, 3.8) is 0 Å². The van der Waals surface area contributed by atoms with Crippen LogP contribution in [0.25, 0.3) is 0 Å². The van der Waals surface area contributed by atoms with Crippen LogP contribution in [-0.2, 0) is 6.54 Å². The molecule has 3 aromatic rings. The molecule has 2 aliphatic heterocycles. The van der Waals surface area contributed by atoms with Crippen molar-refractivity contribution in [1.82, 2.24) is 19.8 Å². The molecule has 0 atom stereocenters. The number of piperazine rings is 2. The quantitative estimate of drug-likeness (QED) is 0.493. The van der Waals surface area contributed by atoms with E-state index in [0.717, 1.165) is 13.1 Å². The van der Waals surface area contributed by atoms with E-state index in [9.17, 15) is 14.0 Å². The Morgan fingerprint density at radius 2 is 1.63 bits per heavy atom. The number of aromatic nitrogens is 2. The van der Waals surface area contributed by atoms with E-state index in [-0.39, 0.29) is 17.4 Å². The highest BCUT2D eigenvalue weighted by atomic mass is 35.5. The van der Waals surface area contributed by atoms with Crippen molar-refractivity contribution in [3.8, 4) is 0 Å². The number of halogens is 3. The number of urea groups is 1. The van der Waals surface area contributed by atoms with Gasteiger partial charge in [0.25, 0.3) is 5.56 Å². The zero-order valence-electron chi connectivity index (χ0n) is 20.7. The lowest BCUT2D eigenvalue weighted by molar-refractivity contribution is 0.208. The maximum absolute atomic E-state index is 14.1. The zero-order chi connectivity index (χ0) is 26.6. The van der Waals surface area contributed by atoms with Crippen molar-refractivity contribution < 1.29 is 9.18 Å². The molecule has 2 N–H and O–H groups in total. The Morgan fingerprint density at radius 1 is 0.921 bits per heavy atom. The molecule has 2 aliphatic rings. The molecule has 0 aliphatic carbocycles. The summed E-state index contributed by atoms with van der Waals surface area (Å²) in [6, 6.07) is 13.0. The Labute approximate surface area is 229 Å². The number of para-hydroxylation sites is 1. The molecule has 2 saturated heterocycles. The van der Waals surface area contributed by atoms with Crippen LogP contribution in [0.3, 0.4) is 0 Å². The van der Waals surface area contributed by atoms with E-state index in [1.165, 1.54) is 12.1 Å². The number of H-pyrrole nitrogens is 1. The summed E-state index contributed by atoms with van der Waals surface area (Å²) in [5, 5.41) is 3.63. The van der Waals surface area contributed by atoms with Crippen LogP contribution in [0.4, 0.5) is 26.5 Å². The third-order valence-corrected chi connectivity index (χ3v) is 7.51. The van der Waals surface area contributed by atoms with Crippen molar-refractivity contribution in [2.45, 2.75) is 6.54 Å². The maximum Gasteiger partial charge on any atom is 0.321 e. The van der Waals surface area contributed by atoms with Crippen molar-refractivity contribution >= 4 is 46.6 Å². The summed E-state index contributed by atoms with van der Waals surface area (Å²) in [5.41, 5.74) is 1.66. The third-order valence-electron chi connectivity index (χ3n) is 6.77. The van der Waals surface area contributed by atoms with Crippen LogP contribution >= 0.6 is 23.2 Å². The minimum absolute atomic E-state index is 0.213. The maximum atomic E-state index is 14.1. The lowest BCUT2D eigenvalue weighted by atomic mass is 10.2. The number of aromatic amines is 1. The largest absolute Gasteiger partial charge is 0.367 e.